The second-order valence-electron chi connectivity index (χ2n) is 7.48. The van der Waals surface area contributed by atoms with Gasteiger partial charge < -0.3 is 0 Å². The molecule has 0 bridgehead atoms. The van der Waals surface area contributed by atoms with Crippen molar-refractivity contribution < 1.29 is 0 Å². The Morgan fingerprint density at radius 3 is 0.792 bits per heavy atom. The molecular formula is C24H42. The maximum atomic E-state index is 2.32. The molecule has 1 aliphatic carbocycles. The molecule has 24 heavy (non-hydrogen) atoms. The first-order chi connectivity index (χ1) is 12.0. The van der Waals surface area contributed by atoms with Crippen LogP contribution < -0.4 is 0 Å². The minimum absolute atomic E-state index is 1.24. The Hall–Kier alpha value is -0.780. The molecule has 0 N–H and O–H groups in total. The first kappa shape index (κ1) is 21.3. The van der Waals surface area contributed by atoms with Crippen LogP contribution in [0.15, 0.2) is 36.5 Å². The summed E-state index contributed by atoms with van der Waals surface area (Å²) >= 11 is 0. The molecule has 0 atom stereocenters. The third kappa shape index (κ3) is 16.1. The summed E-state index contributed by atoms with van der Waals surface area (Å²) in [5, 5.41) is 0. The van der Waals surface area contributed by atoms with E-state index in [1.54, 1.807) is 0 Å². The van der Waals surface area contributed by atoms with E-state index < -0.39 is 0 Å². The summed E-state index contributed by atoms with van der Waals surface area (Å²) in [6.45, 7) is 0. The van der Waals surface area contributed by atoms with E-state index >= 15 is 0 Å². The number of hydrogen-bond acceptors (Lipinski definition) is 0. The van der Waals surface area contributed by atoms with Crippen LogP contribution in [0.25, 0.3) is 0 Å². The van der Waals surface area contributed by atoms with E-state index in [0.717, 1.165) is 0 Å². The molecule has 0 fully saturated rings. The molecule has 0 spiro atoms. The van der Waals surface area contributed by atoms with Gasteiger partial charge in [-0.25, -0.2) is 0 Å². The summed E-state index contributed by atoms with van der Waals surface area (Å²) in [4.78, 5) is 0. The van der Waals surface area contributed by atoms with Crippen LogP contribution in [0.2, 0.25) is 0 Å². The van der Waals surface area contributed by atoms with Gasteiger partial charge in [-0.2, -0.15) is 0 Å². The van der Waals surface area contributed by atoms with Crippen molar-refractivity contribution in [3.8, 4) is 0 Å². The lowest BCUT2D eigenvalue weighted by Gasteiger charge is -2.03. The highest BCUT2D eigenvalue weighted by Gasteiger charge is 1.94. The SMILES string of the molecule is C1=C\C=C\CCCCCCCCCCCCCCCCCC/C=C/1. The van der Waals surface area contributed by atoms with Gasteiger partial charge in [0.1, 0.15) is 0 Å². The standard InChI is InChI=1S/C24H42/c1-2-4-6-8-10-12-14-16-18-20-22-24-23-21-19-17-15-13-11-9-7-5-3-1/h1-6H,7-24H2/b2-1-,5-3+,6-4+. The van der Waals surface area contributed by atoms with Gasteiger partial charge in [0.25, 0.3) is 0 Å². The van der Waals surface area contributed by atoms with Crippen molar-refractivity contribution in [2.45, 2.75) is 116 Å². The lowest BCUT2D eigenvalue weighted by atomic mass is 10.0. The van der Waals surface area contributed by atoms with Crippen LogP contribution in [0.4, 0.5) is 0 Å². The van der Waals surface area contributed by atoms with Gasteiger partial charge >= 0.3 is 0 Å². The topological polar surface area (TPSA) is 0 Å². The molecule has 0 aromatic carbocycles. The number of hydrogen-bond donors (Lipinski definition) is 0. The van der Waals surface area contributed by atoms with Crippen molar-refractivity contribution in [2.24, 2.45) is 0 Å². The molecule has 0 saturated heterocycles. The Kier molecular flexibility index (Phi) is 16.4. The second-order valence-corrected chi connectivity index (χ2v) is 7.48. The van der Waals surface area contributed by atoms with Crippen LogP contribution in [0.1, 0.15) is 116 Å². The monoisotopic (exact) mass is 330 g/mol. The lowest BCUT2D eigenvalue weighted by molar-refractivity contribution is 0.528. The van der Waals surface area contributed by atoms with Crippen LogP contribution in [-0.4, -0.2) is 0 Å². The summed E-state index contributed by atoms with van der Waals surface area (Å²) in [5.41, 5.74) is 0. The zero-order valence-corrected chi connectivity index (χ0v) is 16.2. The summed E-state index contributed by atoms with van der Waals surface area (Å²) in [7, 11) is 0. The summed E-state index contributed by atoms with van der Waals surface area (Å²) in [6, 6.07) is 0. The maximum absolute atomic E-state index is 2.32. The van der Waals surface area contributed by atoms with Crippen molar-refractivity contribution in [1.29, 1.82) is 0 Å². The average Bonchev–Trinajstić information content (AvgIpc) is 2.59. The highest BCUT2D eigenvalue weighted by Crippen LogP contribution is 2.14. The zero-order chi connectivity index (χ0) is 17.0. The van der Waals surface area contributed by atoms with E-state index in [9.17, 15) is 0 Å². The van der Waals surface area contributed by atoms with Gasteiger partial charge in [0.05, 0.1) is 0 Å². The molecular weight excluding hydrogens is 288 g/mol. The normalized spacial score (nSPS) is 26.0. The van der Waals surface area contributed by atoms with Crippen molar-refractivity contribution in [3.05, 3.63) is 36.5 Å². The smallest absolute Gasteiger partial charge is 0.0348 e. The van der Waals surface area contributed by atoms with Crippen LogP contribution in [0.5, 0.6) is 0 Å². The van der Waals surface area contributed by atoms with Gasteiger partial charge in [0.2, 0.25) is 0 Å². The molecule has 0 unspecified atom stereocenters. The first-order valence-electron chi connectivity index (χ1n) is 11.0. The van der Waals surface area contributed by atoms with E-state index in [1.807, 2.05) is 0 Å². The van der Waals surface area contributed by atoms with Crippen LogP contribution in [0, 0.1) is 0 Å². The predicted octanol–water partition coefficient (Wildman–Crippen LogP) is 8.69. The molecule has 1 rings (SSSR count). The summed E-state index contributed by atoms with van der Waals surface area (Å²) in [6.07, 6.45) is 39.0. The Balaban J connectivity index is 2.15. The Morgan fingerprint density at radius 2 is 0.500 bits per heavy atom. The Morgan fingerprint density at radius 1 is 0.250 bits per heavy atom. The molecule has 138 valence electrons. The highest BCUT2D eigenvalue weighted by molar-refractivity contribution is 5.10. The Bertz CT molecular complexity index is 289. The van der Waals surface area contributed by atoms with Crippen molar-refractivity contribution in [2.75, 3.05) is 0 Å². The maximum Gasteiger partial charge on any atom is -0.0348 e. The van der Waals surface area contributed by atoms with E-state index in [4.69, 9.17) is 0 Å². The molecule has 0 radical (unpaired) electrons. The van der Waals surface area contributed by atoms with Crippen molar-refractivity contribution >= 4 is 0 Å². The van der Waals surface area contributed by atoms with E-state index in [2.05, 4.69) is 36.5 Å². The van der Waals surface area contributed by atoms with Crippen LogP contribution in [0.3, 0.4) is 0 Å². The fourth-order valence-electron chi connectivity index (χ4n) is 3.48. The predicted molar refractivity (Wildman–Crippen MR) is 111 cm³/mol. The van der Waals surface area contributed by atoms with Crippen LogP contribution in [-0.2, 0) is 0 Å². The average molecular weight is 331 g/mol. The minimum atomic E-state index is 1.24. The third-order valence-corrected chi connectivity index (χ3v) is 5.10. The van der Waals surface area contributed by atoms with Gasteiger partial charge in [-0.1, -0.05) is 126 Å². The largest absolute Gasteiger partial charge is 0.0845 e. The van der Waals surface area contributed by atoms with E-state index in [-0.39, 0.29) is 0 Å². The minimum Gasteiger partial charge on any atom is -0.0845 e. The molecule has 0 saturated carbocycles. The van der Waals surface area contributed by atoms with Gasteiger partial charge in [-0.3, -0.25) is 0 Å². The van der Waals surface area contributed by atoms with Crippen molar-refractivity contribution in [1.82, 2.24) is 0 Å². The number of rotatable bonds is 0. The van der Waals surface area contributed by atoms with E-state index in [1.165, 1.54) is 116 Å². The molecule has 1 aliphatic rings. The fourth-order valence-corrected chi connectivity index (χ4v) is 3.48. The number of allylic oxidation sites excluding steroid dienone is 6. The zero-order valence-electron chi connectivity index (χ0n) is 16.2. The second kappa shape index (κ2) is 18.6. The van der Waals surface area contributed by atoms with Gasteiger partial charge in [0.15, 0.2) is 0 Å². The Labute approximate surface area is 152 Å². The molecule has 0 aliphatic heterocycles. The summed E-state index contributed by atoms with van der Waals surface area (Å²) in [5.74, 6) is 0. The lowest BCUT2D eigenvalue weighted by Crippen LogP contribution is -1.84. The first-order valence-corrected chi connectivity index (χ1v) is 11.0. The fraction of sp³-hybridized carbons (Fsp3) is 0.750. The van der Waals surface area contributed by atoms with E-state index in [0.29, 0.717) is 0 Å². The summed E-state index contributed by atoms with van der Waals surface area (Å²) < 4.78 is 0. The molecule has 0 amide bonds. The molecule has 0 aromatic heterocycles. The molecule has 0 heterocycles. The van der Waals surface area contributed by atoms with Crippen LogP contribution >= 0.6 is 0 Å². The molecule has 0 heteroatoms. The van der Waals surface area contributed by atoms with Gasteiger partial charge in [0, 0.05) is 0 Å². The quantitative estimate of drug-likeness (QED) is 0.416. The molecule has 0 nitrogen and oxygen atoms in total. The highest BCUT2D eigenvalue weighted by atomic mass is 14.0. The van der Waals surface area contributed by atoms with Gasteiger partial charge in [-0.15, -0.1) is 0 Å². The van der Waals surface area contributed by atoms with Crippen molar-refractivity contribution in [3.63, 3.8) is 0 Å². The van der Waals surface area contributed by atoms with Gasteiger partial charge in [-0.05, 0) is 25.7 Å². The molecule has 0 aromatic rings. The third-order valence-electron chi connectivity index (χ3n) is 5.10.